The molecule has 1 aromatic heterocycles. The Morgan fingerprint density at radius 3 is 2.20 bits per heavy atom. The van der Waals surface area contributed by atoms with Crippen LogP contribution in [0.1, 0.15) is 26.3 Å². The number of ether oxygens (including phenoxy) is 3. The summed E-state index contributed by atoms with van der Waals surface area (Å²) >= 11 is 7.24. The number of nitrogens with one attached hydrogen (secondary N) is 1. The lowest BCUT2D eigenvalue weighted by atomic mass is 10.1. The normalized spacial score (nSPS) is 10.8. The number of aryl methyl sites for hydroxylation is 1. The first-order chi connectivity index (χ1) is 19.3. The third kappa shape index (κ3) is 6.86. The minimum absolute atomic E-state index is 0.0685. The molecular weight excluding hydrogens is 555 g/mol. The van der Waals surface area contributed by atoms with Gasteiger partial charge < -0.3 is 19.5 Å². The molecule has 0 spiro atoms. The van der Waals surface area contributed by atoms with E-state index in [1.165, 1.54) is 23.9 Å². The SMILES string of the molecule is CCOc1cc(-c2nnc(SCC(=O)Nc3ccc(Cl)cc3C)n2-c2ccc(F)cc2)cc(OCC)c1OCC. The number of halogens is 2. The molecule has 0 aliphatic heterocycles. The highest BCUT2D eigenvalue weighted by molar-refractivity contribution is 7.99. The lowest BCUT2D eigenvalue weighted by Gasteiger charge is -2.17. The molecule has 1 amide bonds. The molecule has 3 aromatic carbocycles. The predicted octanol–water partition coefficient (Wildman–Crippen LogP) is 6.96. The van der Waals surface area contributed by atoms with Gasteiger partial charge in [0.1, 0.15) is 5.82 Å². The van der Waals surface area contributed by atoms with Gasteiger partial charge in [0.15, 0.2) is 22.5 Å². The van der Waals surface area contributed by atoms with E-state index in [0.717, 1.165) is 5.56 Å². The number of benzene rings is 3. The van der Waals surface area contributed by atoms with Crippen LogP contribution in [0.4, 0.5) is 10.1 Å². The zero-order valence-corrected chi connectivity index (χ0v) is 24.2. The molecule has 4 aromatic rings. The second kappa shape index (κ2) is 13.5. The molecule has 0 saturated carbocycles. The van der Waals surface area contributed by atoms with Crippen molar-refractivity contribution in [1.82, 2.24) is 14.8 Å². The summed E-state index contributed by atoms with van der Waals surface area (Å²) in [6, 6.07) is 14.9. The molecule has 1 N–H and O–H groups in total. The maximum Gasteiger partial charge on any atom is 0.234 e. The van der Waals surface area contributed by atoms with E-state index >= 15 is 0 Å². The Hall–Kier alpha value is -3.76. The minimum atomic E-state index is -0.372. The Morgan fingerprint density at radius 1 is 0.950 bits per heavy atom. The van der Waals surface area contributed by atoms with Crippen molar-refractivity contribution in [3.63, 3.8) is 0 Å². The van der Waals surface area contributed by atoms with Gasteiger partial charge in [-0.05, 0) is 87.9 Å². The largest absolute Gasteiger partial charge is 0.490 e. The van der Waals surface area contributed by atoms with Crippen LogP contribution in [0.25, 0.3) is 17.1 Å². The molecule has 1 heterocycles. The second-order valence-electron chi connectivity index (χ2n) is 8.51. The van der Waals surface area contributed by atoms with Gasteiger partial charge in [-0.2, -0.15) is 0 Å². The molecule has 11 heteroatoms. The van der Waals surface area contributed by atoms with Crippen LogP contribution in [0.5, 0.6) is 17.2 Å². The summed E-state index contributed by atoms with van der Waals surface area (Å²) < 4.78 is 33.2. The lowest BCUT2D eigenvalue weighted by Crippen LogP contribution is -2.15. The fourth-order valence-corrected chi connectivity index (χ4v) is 4.95. The van der Waals surface area contributed by atoms with Gasteiger partial charge in [-0.1, -0.05) is 23.4 Å². The number of rotatable bonds is 12. The smallest absolute Gasteiger partial charge is 0.234 e. The molecule has 0 saturated heterocycles. The summed E-state index contributed by atoms with van der Waals surface area (Å²) in [5, 5.41) is 12.8. The standard InChI is InChI=1S/C29H30ClFN4O4S/c1-5-37-24-15-19(16-25(38-6-2)27(24)39-7-3)28-33-34-29(35(28)22-11-9-21(31)10-12-22)40-17-26(36)32-23-13-8-20(30)14-18(23)4/h8-16H,5-7,17H2,1-4H3,(H,32,36). The molecule has 8 nitrogen and oxygen atoms in total. The van der Waals surface area contributed by atoms with E-state index in [4.69, 9.17) is 25.8 Å². The maximum atomic E-state index is 13.8. The van der Waals surface area contributed by atoms with Crippen LogP contribution >= 0.6 is 23.4 Å². The minimum Gasteiger partial charge on any atom is -0.490 e. The molecule has 0 atom stereocenters. The number of carbonyl (C=O) groups is 1. The number of hydrogen-bond donors (Lipinski definition) is 1. The Bertz CT molecular complexity index is 1450. The molecule has 0 bridgehead atoms. The number of nitrogens with zero attached hydrogens (tertiary/aromatic N) is 3. The first kappa shape index (κ1) is 29.2. The van der Waals surface area contributed by atoms with Crippen molar-refractivity contribution in [2.24, 2.45) is 0 Å². The van der Waals surface area contributed by atoms with E-state index in [1.54, 1.807) is 34.9 Å². The molecule has 40 heavy (non-hydrogen) atoms. The highest BCUT2D eigenvalue weighted by atomic mass is 35.5. The van der Waals surface area contributed by atoms with Gasteiger partial charge in [0.25, 0.3) is 0 Å². The average molecular weight is 585 g/mol. The van der Waals surface area contributed by atoms with Crippen molar-refractivity contribution in [2.75, 3.05) is 30.9 Å². The van der Waals surface area contributed by atoms with Gasteiger partial charge in [-0.15, -0.1) is 10.2 Å². The summed E-state index contributed by atoms with van der Waals surface area (Å²) in [5.74, 6) is 1.46. The molecule has 0 radical (unpaired) electrons. The van der Waals surface area contributed by atoms with Crippen LogP contribution in [-0.2, 0) is 4.79 Å². The molecule has 4 rings (SSSR count). The first-order valence-corrected chi connectivity index (χ1v) is 14.2. The van der Waals surface area contributed by atoms with Crippen molar-refractivity contribution in [1.29, 1.82) is 0 Å². The third-order valence-electron chi connectivity index (χ3n) is 5.68. The van der Waals surface area contributed by atoms with Crippen LogP contribution < -0.4 is 19.5 Å². The van der Waals surface area contributed by atoms with E-state index in [0.29, 0.717) is 70.0 Å². The molecule has 0 unspecified atom stereocenters. The Labute approximate surface area is 241 Å². The van der Waals surface area contributed by atoms with Crippen molar-refractivity contribution in [2.45, 2.75) is 32.9 Å². The van der Waals surface area contributed by atoms with E-state index in [1.807, 2.05) is 39.8 Å². The summed E-state index contributed by atoms with van der Waals surface area (Å²) in [7, 11) is 0. The van der Waals surface area contributed by atoms with Gasteiger partial charge in [-0.25, -0.2) is 4.39 Å². The topological polar surface area (TPSA) is 87.5 Å². The summed E-state index contributed by atoms with van der Waals surface area (Å²) in [4.78, 5) is 12.8. The molecule has 210 valence electrons. The number of hydrogen-bond acceptors (Lipinski definition) is 7. The molecule has 0 fully saturated rings. The lowest BCUT2D eigenvalue weighted by molar-refractivity contribution is -0.113. The Balaban J connectivity index is 1.72. The van der Waals surface area contributed by atoms with E-state index in [2.05, 4.69) is 15.5 Å². The van der Waals surface area contributed by atoms with E-state index in [-0.39, 0.29) is 17.5 Å². The number of carbonyl (C=O) groups excluding carboxylic acids is 1. The highest BCUT2D eigenvalue weighted by Gasteiger charge is 2.22. The van der Waals surface area contributed by atoms with Crippen molar-refractivity contribution in [3.8, 4) is 34.3 Å². The first-order valence-electron chi connectivity index (χ1n) is 12.8. The van der Waals surface area contributed by atoms with Crippen LogP contribution in [-0.4, -0.2) is 46.2 Å². The summed E-state index contributed by atoms with van der Waals surface area (Å²) in [6.45, 7) is 8.80. The van der Waals surface area contributed by atoms with Gasteiger partial charge in [0, 0.05) is 22.0 Å². The second-order valence-corrected chi connectivity index (χ2v) is 9.89. The number of aromatic nitrogens is 3. The number of amides is 1. The fraction of sp³-hybridized carbons (Fsp3) is 0.276. The monoisotopic (exact) mass is 584 g/mol. The summed E-state index contributed by atoms with van der Waals surface area (Å²) in [6.07, 6.45) is 0. The van der Waals surface area contributed by atoms with Gasteiger partial charge in [0.2, 0.25) is 11.7 Å². The maximum absolute atomic E-state index is 13.8. The van der Waals surface area contributed by atoms with Gasteiger partial charge in [-0.3, -0.25) is 9.36 Å². The number of anilines is 1. The molecular formula is C29H30ClFN4O4S. The van der Waals surface area contributed by atoms with Crippen LogP contribution in [0.15, 0.2) is 59.8 Å². The zero-order valence-electron chi connectivity index (χ0n) is 22.7. The van der Waals surface area contributed by atoms with Gasteiger partial charge in [0.05, 0.1) is 25.6 Å². The van der Waals surface area contributed by atoms with Gasteiger partial charge >= 0.3 is 0 Å². The Kier molecular flexibility index (Phi) is 9.89. The van der Waals surface area contributed by atoms with E-state index in [9.17, 15) is 9.18 Å². The Morgan fingerprint density at radius 2 is 1.60 bits per heavy atom. The van der Waals surface area contributed by atoms with Crippen molar-refractivity contribution < 1.29 is 23.4 Å². The summed E-state index contributed by atoms with van der Waals surface area (Å²) in [5.41, 5.74) is 2.81. The van der Waals surface area contributed by atoms with Crippen LogP contribution in [0, 0.1) is 12.7 Å². The van der Waals surface area contributed by atoms with Crippen molar-refractivity contribution in [3.05, 3.63) is 71.0 Å². The van der Waals surface area contributed by atoms with Crippen LogP contribution in [0.3, 0.4) is 0 Å². The predicted molar refractivity (Wildman–Crippen MR) is 156 cm³/mol. The number of thioether (sulfide) groups is 1. The molecule has 0 aliphatic rings. The average Bonchev–Trinajstić information content (AvgIpc) is 3.35. The zero-order chi connectivity index (χ0) is 28.6. The quantitative estimate of drug-likeness (QED) is 0.180. The van der Waals surface area contributed by atoms with E-state index < -0.39 is 0 Å². The highest BCUT2D eigenvalue weighted by Crippen LogP contribution is 2.42. The third-order valence-corrected chi connectivity index (χ3v) is 6.84. The van der Waals surface area contributed by atoms with Crippen molar-refractivity contribution >= 4 is 35.0 Å². The molecule has 0 aliphatic carbocycles. The van der Waals surface area contributed by atoms with Crippen LogP contribution in [0.2, 0.25) is 5.02 Å². The fourth-order valence-electron chi connectivity index (χ4n) is 3.97.